The second-order valence-electron chi connectivity index (χ2n) is 4.09. The molecule has 0 amide bonds. The van der Waals surface area contributed by atoms with Gasteiger partial charge in [-0.25, -0.2) is 0 Å². The van der Waals surface area contributed by atoms with Crippen LogP contribution in [0.2, 0.25) is 9.36 Å². The maximum absolute atomic E-state index is 6.21. The van der Waals surface area contributed by atoms with Crippen molar-refractivity contribution in [3.8, 4) is 0 Å². The molecule has 1 aromatic carbocycles. The molecular weight excluding hydrogens is 273 g/mol. The molecule has 2 rings (SSSR count). The second-order valence-corrected chi connectivity index (χ2v) is 6.18. The first-order valence-electron chi connectivity index (χ1n) is 5.26. The highest BCUT2D eigenvalue weighted by molar-refractivity contribution is 7.16. The monoisotopic (exact) mass is 285 g/mol. The van der Waals surface area contributed by atoms with Crippen LogP contribution in [0.5, 0.6) is 0 Å². The summed E-state index contributed by atoms with van der Waals surface area (Å²) in [4.78, 5) is 1.06. The molecule has 0 fully saturated rings. The lowest BCUT2D eigenvalue weighted by molar-refractivity contribution is 0.892. The first kappa shape index (κ1) is 12.9. The van der Waals surface area contributed by atoms with Crippen LogP contribution in [0.3, 0.4) is 0 Å². The third-order valence-electron chi connectivity index (χ3n) is 2.74. The summed E-state index contributed by atoms with van der Waals surface area (Å²) in [6, 6.07) is 7.79. The number of nitrogens with two attached hydrogens (primary N) is 1. The summed E-state index contributed by atoms with van der Waals surface area (Å²) >= 11 is 13.7. The highest BCUT2D eigenvalue weighted by Gasteiger charge is 2.14. The van der Waals surface area contributed by atoms with Gasteiger partial charge in [0.05, 0.1) is 10.4 Å². The van der Waals surface area contributed by atoms with Gasteiger partial charge in [-0.1, -0.05) is 35.3 Å². The second kappa shape index (κ2) is 4.99. The van der Waals surface area contributed by atoms with Crippen molar-refractivity contribution in [1.29, 1.82) is 0 Å². The molecule has 2 aromatic rings. The zero-order valence-corrected chi connectivity index (χ0v) is 12.0. The standard InChI is InChI=1S/C13H13Cl2NS/c1-7-3-4-9(6-10(7)14)12(16)11-5-8(2)13(15)17-11/h3-6,12H,16H2,1-2H3. The predicted octanol–water partition coefficient (Wildman–Crippen LogP) is 4.72. The van der Waals surface area contributed by atoms with E-state index in [4.69, 9.17) is 28.9 Å². The number of rotatable bonds is 2. The molecule has 0 aliphatic carbocycles. The molecule has 1 heterocycles. The van der Waals surface area contributed by atoms with Crippen molar-refractivity contribution in [2.75, 3.05) is 0 Å². The van der Waals surface area contributed by atoms with Gasteiger partial charge < -0.3 is 5.73 Å². The molecule has 0 aliphatic heterocycles. The third-order valence-corrected chi connectivity index (χ3v) is 4.78. The van der Waals surface area contributed by atoms with Crippen molar-refractivity contribution < 1.29 is 0 Å². The SMILES string of the molecule is Cc1ccc(C(N)c2cc(C)c(Cl)s2)cc1Cl. The maximum Gasteiger partial charge on any atom is 0.0961 e. The van der Waals surface area contributed by atoms with Crippen molar-refractivity contribution in [3.05, 3.63) is 55.2 Å². The van der Waals surface area contributed by atoms with E-state index in [0.29, 0.717) is 0 Å². The van der Waals surface area contributed by atoms with Gasteiger partial charge in [0.15, 0.2) is 0 Å². The van der Waals surface area contributed by atoms with Crippen LogP contribution in [0.4, 0.5) is 0 Å². The van der Waals surface area contributed by atoms with Crippen molar-refractivity contribution in [3.63, 3.8) is 0 Å². The molecule has 90 valence electrons. The Hall–Kier alpha value is -0.540. The largest absolute Gasteiger partial charge is 0.320 e. The topological polar surface area (TPSA) is 26.0 Å². The Bertz CT molecular complexity index is 529. The van der Waals surface area contributed by atoms with E-state index in [1.54, 1.807) is 0 Å². The third kappa shape index (κ3) is 2.66. The van der Waals surface area contributed by atoms with Crippen molar-refractivity contribution >= 4 is 34.5 Å². The number of benzene rings is 1. The van der Waals surface area contributed by atoms with Crippen molar-refractivity contribution in [2.24, 2.45) is 5.73 Å². The molecule has 0 saturated carbocycles. The predicted molar refractivity (Wildman–Crippen MR) is 76.3 cm³/mol. The van der Waals surface area contributed by atoms with Crippen LogP contribution >= 0.6 is 34.5 Å². The quantitative estimate of drug-likeness (QED) is 0.849. The van der Waals surface area contributed by atoms with Gasteiger partial charge in [-0.15, -0.1) is 11.3 Å². The molecule has 4 heteroatoms. The Morgan fingerprint density at radius 2 is 1.82 bits per heavy atom. The van der Waals surface area contributed by atoms with Crippen LogP contribution in [0.15, 0.2) is 24.3 Å². The minimum Gasteiger partial charge on any atom is -0.320 e. The van der Waals surface area contributed by atoms with Gasteiger partial charge in [-0.3, -0.25) is 0 Å². The Morgan fingerprint density at radius 1 is 1.12 bits per heavy atom. The highest BCUT2D eigenvalue weighted by Crippen LogP contribution is 2.33. The van der Waals surface area contributed by atoms with Crippen molar-refractivity contribution in [1.82, 2.24) is 0 Å². The Balaban J connectivity index is 2.36. The van der Waals surface area contributed by atoms with Crippen LogP contribution in [0.25, 0.3) is 0 Å². The fourth-order valence-electron chi connectivity index (χ4n) is 1.60. The van der Waals surface area contributed by atoms with E-state index in [0.717, 1.165) is 30.9 Å². The molecule has 1 atom stereocenters. The number of hydrogen-bond donors (Lipinski definition) is 1. The van der Waals surface area contributed by atoms with Gasteiger partial charge in [0.2, 0.25) is 0 Å². The van der Waals surface area contributed by atoms with Gasteiger partial charge in [0, 0.05) is 9.90 Å². The van der Waals surface area contributed by atoms with E-state index in [2.05, 4.69) is 0 Å². The van der Waals surface area contributed by atoms with Crippen LogP contribution in [0.1, 0.15) is 27.6 Å². The average molecular weight is 286 g/mol. The Morgan fingerprint density at radius 3 is 2.35 bits per heavy atom. The summed E-state index contributed by atoms with van der Waals surface area (Å²) in [7, 11) is 0. The molecule has 1 nitrogen and oxygen atoms in total. The number of halogens is 2. The lowest BCUT2D eigenvalue weighted by Gasteiger charge is -2.11. The molecule has 0 aliphatic rings. The minimum absolute atomic E-state index is 0.163. The zero-order valence-electron chi connectivity index (χ0n) is 9.63. The van der Waals surface area contributed by atoms with Gasteiger partial charge in [-0.05, 0) is 42.7 Å². The normalized spacial score (nSPS) is 12.8. The molecule has 2 N–H and O–H groups in total. The van der Waals surface area contributed by atoms with Gasteiger partial charge in [0.1, 0.15) is 0 Å². The number of aryl methyl sites for hydroxylation is 2. The molecular formula is C13H13Cl2NS. The summed E-state index contributed by atoms with van der Waals surface area (Å²) in [6.45, 7) is 3.96. The van der Waals surface area contributed by atoms with E-state index in [-0.39, 0.29) is 6.04 Å². The van der Waals surface area contributed by atoms with Crippen LogP contribution in [-0.2, 0) is 0 Å². The van der Waals surface area contributed by atoms with E-state index >= 15 is 0 Å². The molecule has 0 bridgehead atoms. The first-order chi connectivity index (χ1) is 7.99. The van der Waals surface area contributed by atoms with E-state index in [1.807, 2.05) is 38.1 Å². The van der Waals surface area contributed by atoms with E-state index in [1.165, 1.54) is 11.3 Å². The molecule has 0 radical (unpaired) electrons. The first-order valence-corrected chi connectivity index (χ1v) is 6.83. The number of hydrogen-bond acceptors (Lipinski definition) is 2. The minimum atomic E-state index is -0.163. The lowest BCUT2D eigenvalue weighted by Crippen LogP contribution is -2.10. The maximum atomic E-state index is 6.21. The van der Waals surface area contributed by atoms with E-state index < -0.39 is 0 Å². The lowest BCUT2D eigenvalue weighted by atomic mass is 10.0. The van der Waals surface area contributed by atoms with Crippen LogP contribution in [0, 0.1) is 13.8 Å². The fraction of sp³-hybridized carbons (Fsp3) is 0.231. The summed E-state index contributed by atoms with van der Waals surface area (Å²) in [5.74, 6) is 0. The zero-order chi connectivity index (χ0) is 12.6. The molecule has 0 spiro atoms. The van der Waals surface area contributed by atoms with Crippen LogP contribution in [-0.4, -0.2) is 0 Å². The number of thiophene rings is 1. The smallest absolute Gasteiger partial charge is 0.0961 e. The average Bonchev–Trinajstić information content (AvgIpc) is 2.62. The van der Waals surface area contributed by atoms with E-state index in [9.17, 15) is 0 Å². The van der Waals surface area contributed by atoms with Crippen molar-refractivity contribution in [2.45, 2.75) is 19.9 Å². The highest BCUT2D eigenvalue weighted by atomic mass is 35.5. The van der Waals surface area contributed by atoms with Crippen LogP contribution < -0.4 is 5.73 Å². The molecule has 0 saturated heterocycles. The summed E-state index contributed by atoms with van der Waals surface area (Å²) in [5, 5.41) is 0.748. The molecule has 1 aromatic heterocycles. The molecule has 1 unspecified atom stereocenters. The molecule has 17 heavy (non-hydrogen) atoms. The summed E-state index contributed by atoms with van der Waals surface area (Å²) in [5.41, 5.74) is 9.35. The van der Waals surface area contributed by atoms with Gasteiger partial charge >= 0.3 is 0 Å². The Labute approximate surface area is 115 Å². The summed E-state index contributed by atoms with van der Waals surface area (Å²) < 4.78 is 0.800. The Kier molecular flexibility index (Phi) is 3.79. The van der Waals surface area contributed by atoms with Gasteiger partial charge in [0.25, 0.3) is 0 Å². The fourth-order valence-corrected chi connectivity index (χ4v) is 3.04. The van der Waals surface area contributed by atoms with Gasteiger partial charge in [-0.2, -0.15) is 0 Å². The summed E-state index contributed by atoms with van der Waals surface area (Å²) in [6.07, 6.45) is 0.